The van der Waals surface area contributed by atoms with E-state index in [0.717, 1.165) is 11.5 Å². The number of amides is 1. The maximum atomic E-state index is 12.2. The van der Waals surface area contributed by atoms with Crippen molar-refractivity contribution in [1.29, 1.82) is 0 Å². The molecule has 0 saturated heterocycles. The Kier molecular flexibility index (Phi) is 3.84. The quantitative estimate of drug-likeness (QED) is 0.901. The normalized spacial score (nSPS) is 11.3. The number of nitrogens with zero attached hydrogens (tertiary/aromatic N) is 3. The van der Waals surface area contributed by atoms with Gasteiger partial charge in [0.1, 0.15) is 4.88 Å². The van der Waals surface area contributed by atoms with Crippen molar-refractivity contribution in [2.24, 2.45) is 5.14 Å². The molecule has 0 fully saturated rings. The molecule has 0 bridgehead atoms. The van der Waals surface area contributed by atoms with Gasteiger partial charge in [-0.3, -0.25) is 4.79 Å². The van der Waals surface area contributed by atoms with Gasteiger partial charge < -0.3 is 4.90 Å². The Bertz CT molecular complexity index is 737. The van der Waals surface area contributed by atoms with Crippen LogP contribution in [-0.4, -0.2) is 31.0 Å². The van der Waals surface area contributed by atoms with Crippen LogP contribution in [0, 0.1) is 6.92 Å². The van der Waals surface area contributed by atoms with Crippen molar-refractivity contribution < 1.29 is 13.2 Å². The Hall–Kier alpha value is -1.84. The lowest BCUT2D eigenvalue weighted by atomic mass is 10.2. The second-order valence-corrected chi connectivity index (χ2v) is 6.41. The molecule has 2 N–H and O–H groups in total. The minimum atomic E-state index is -3.74. The van der Waals surface area contributed by atoms with Crippen LogP contribution in [0.15, 0.2) is 29.2 Å². The maximum Gasteiger partial charge on any atom is 0.271 e. The number of hydrogen-bond donors (Lipinski definition) is 1. The van der Waals surface area contributed by atoms with Gasteiger partial charge in [-0.2, -0.15) is 0 Å². The van der Waals surface area contributed by atoms with Crippen molar-refractivity contribution in [3.05, 3.63) is 34.8 Å². The molecule has 0 aliphatic heterocycles. The Balaban J connectivity index is 2.28. The molecule has 20 heavy (non-hydrogen) atoms. The molecule has 2 aromatic rings. The van der Waals surface area contributed by atoms with Crippen LogP contribution in [0.3, 0.4) is 0 Å². The summed E-state index contributed by atoms with van der Waals surface area (Å²) >= 11 is 1.02. The van der Waals surface area contributed by atoms with E-state index in [-0.39, 0.29) is 10.8 Å². The summed E-state index contributed by atoms with van der Waals surface area (Å²) in [6, 6.07) is 5.74. The van der Waals surface area contributed by atoms with Crippen molar-refractivity contribution in [2.45, 2.75) is 11.8 Å². The largest absolute Gasteiger partial charge is 0.311 e. The van der Waals surface area contributed by atoms with Crippen LogP contribution >= 0.6 is 11.5 Å². The number of aromatic nitrogens is 2. The third-order valence-corrected chi connectivity index (χ3v) is 4.45. The summed E-state index contributed by atoms with van der Waals surface area (Å²) in [4.78, 5) is 14.1. The molecule has 0 radical (unpaired) electrons. The number of rotatable bonds is 3. The molecule has 0 spiro atoms. The monoisotopic (exact) mass is 312 g/mol. The summed E-state index contributed by atoms with van der Waals surface area (Å²) in [7, 11) is -2.15. The summed E-state index contributed by atoms with van der Waals surface area (Å²) in [5, 5.41) is 8.80. The average molecular weight is 312 g/mol. The van der Waals surface area contributed by atoms with E-state index in [1.807, 2.05) is 0 Å². The fourth-order valence-corrected chi connectivity index (χ4v) is 2.71. The van der Waals surface area contributed by atoms with Crippen molar-refractivity contribution in [1.82, 2.24) is 9.59 Å². The molecule has 2 rings (SSSR count). The van der Waals surface area contributed by atoms with E-state index < -0.39 is 10.0 Å². The lowest BCUT2D eigenvalue weighted by Crippen LogP contribution is -2.26. The topological polar surface area (TPSA) is 106 Å². The SMILES string of the molecule is Cc1nnsc1C(=O)N(C)c1ccc(S(N)(=O)=O)cc1. The van der Waals surface area contributed by atoms with Gasteiger partial charge >= 0.3 is 0 Å². The molecule has 1 amide bonds. The fourth-order valence-electron chi connectivity index (χ4n) is 1.56. The van der Waals surface area contributed by atoms with Crippen LogP contribution in [0.5, 0.6) is 0 Å². The van der Waals surface area contributed by atoms with Gasteiger partial charge in [0.2, 0.25) is 10.0 Å². The van der Waals surface area contributed by atoms with Gasteiger partial charge in [0.15, 0.2) is 0 Å². The third-order valence-electron chi connectivity index (χ3n) is 2.70. The van der Waals surface area contributed by atoms with Crippen molar-refractivity contribution >= 4 is 33.2 Å². The molecule has 1 aromatic heterocycles. The molecular formula is C11H12N4O3S2. The summed E-state index contributed by atoms with van der Waals surface area (Å²) in [5.41, 5.74) is 1.11. The standard InChI is InChI=1S/C11H12N4O3S2/c1-7-10(19-14-13-7)11(16)15(2)8-3-5-9(6-4-8)20(12,17)18/h3-6H,1-2H3,(H2,12,17,18). The van der Waals surface area contributed by atoms with Gasteiger partial charge in [0.25, 0.3) is 5.91 Å². The van der Waals surface area contributed by atoms with Crippen LogP contribution in [0.4, 0.5) is 5.69 Å². The Morgan fingerprint density at radius 2 is 1.90 bits per heavy atom. The minimum absolute atomic E-state index is 0.00210. The number of hydrogen-bond acceptors (Lipinski definition) is 6. The number of benzene rings is 1. The van der Waals surface area contributed by atoms with E-state index in [1.54, 1.807) is 14.0 Å². The first-order valence-electron chi connectivity index (χ1n) is 5.50. The predicted octanol–water partition coefficient (Wildman–Crippen LogP) is 0.771. The zero-order valence-corrected chi connectivity index (χ0v) is 12.4. The van der Waals surface area contributed by atoms with Gasteiger partial charge in [-0.25, -0.2) is 13.6 Å². The van der Waals surface area contributed by atoms with Crippen LogP contribution in [-0.2, 0) is 10.0 Å². The lowest BCUT2D eigenvalue weighted by molar-refractivity contribution is 0.0996. The number of anilines is 1. The molecule has 0 aliphatic carbocycles. The van der Waals surface area contributed by atoms with E-state index in [9.17, 15) is 13.2 Å². The first kappa shape index (κ1) is 14.6. The summed E-state index contributed by atoms with van der Waals surface area (Å²) in [6.45, 7) is 1.70. The summed E-state index contributed by atoms with van der Waals surface area (Å²) in [5.74, 6) is -0.249. The highest BCUT2D eigenvalue weighted by atomic mass is 32.2. The molecule has 1 aromatic carbocycles. The van der Waals surface area contributed by atoms with Gasteiger partial charge in [-0.05, 0) is 42.7 Å². The second-order valence-electron chi connectivity index (χ2n) is 4.09. The Morgan fingerprint density at radius 1 is 1.30 bits per heavy atom. The average Bonchev–Trinajstić information content (AvgIpc) is 2.82. The third kappa shape index (κ3) is 2.84. The number of sulfonamides is 1. The molecule has 0 atom stereocenters. The van der Waals surface area contributed by atoms with Crippen LogP contribution in [0.25, 0.3) is 0 Å². The van der Waals surface area contributed by atoms with E-state index in [1.165, 1.54) is 29.2 Å². The van der Waals surface area contributed by atoms with Gasteiger partial charge in [-0.1, -0.05) is 4.49 Å². The maximum absolute atomic E-state index is 12.2. The fraction of sp³-hybridized carbons (Fsp3) is 0.182. The first-order valence-corrected chi connectivity index (χ1v) is 7.82. The molecule has 7 nitrogen and oxygen atoms in total. The number of carbonyl (C=O) groups is 1. The summed E-state index contributed by atoms with van der Waals surface area (Å²) < 4.78 is 26.0. The molecule has 9 heteroatoms. The molecule has 1 heterocycles. The van der Waals surface area contributed by atoms with E-state index in [0.29, 0.717) is 16.3 Å². The van der Waals surface area contributed by atoms with Crippen LogP contribution in [0.2, 0.25) is 0 Å². The van der Waals surface area contributed by atoms with E-state index >= 15 is 0 Å². The van der Waals surface area contributed by atoms with Crippen LogP contribution < -0.4 is 10.0 Å². The molecule has 0 saturated carbocycles. The molecule has 0 unspecified atom stereocenters. The Morgan fingerprint density at radius 3 is 2.35 bits per heavy atom. The zero-order valence-electron chi connectivity index (χ0n) is 10.8. The predicted molar refractivity (Wildman–Crippen MR) is 75.2 cm³/mol. The lowest BCUT2D eigenvalue weighted by Gasteiger charge is -2.16. The molecule has 106 valence electrons. The molecular weight excluding hydrogens is 300 g/mol. The zero-order chi connectivity index (χ0) is 14.9. The van der Waals surface area contributed by atoms with Crippen molar-refractivity contribution in [3.63, 3.8) is 0 Å². The summed E-state index contributed by atoms with van der Waals surface area (Å²) in [6.07, 6.45) is 0. The molecule has 0 aliphatic rings. The number of aryl methyl sites for hydroxylation is 1. The number of primary sulfonamides is 1. The van der Waals surface area contributed by atoms with E-state index in [2.05, 4.69) is 9.59 Å². The number of nitrogens with two attached hydrogens (primary N) is 1. The van der Waals surface area contributed by atoms with Crippen molar-refractivity contribution in [2.75, 3.05) is 11.9 Å². The highest BCUT2D eigenvalue weighted by Crippen LogP contribution is 2.20. The van der Waals surface area contributed by atoms with Gasteiger partial charge in [0, 0.05) is 12.7 Å². The minimum Gasteiger partial charge on any atom is -0.311 e. The Labute approximate surface area is 120 Å². The van der Waals surface area contributed by atoms with Crippen molar-refractivity contribution in [3.8, 4) is 0 Å². The number of carbonyl (C=O) groups excluding carboxylic acids is 1. The van der Waals surface area contributed by atoms with Crippen LogP contribution in [0.1, 0.15) is 15.4 Å². The van der Waals surface area contributed by atoms with Gasteiger partial charge in [0.05, 0.1) is 10.6 Å². The second kappa shape index (κ2) is 5.27. The smallest absolute Gasteiger partial charge is 0.271 e. The van der Waals surface area contributed by atoms with Gasteiger partial charge in [-0.15, -0.1) is 5.10 Å². The first-order chi connectivity index (χ1) is 9.30. The highest BCUT2D eigenvalue weighted by Gasteiger charge is 2.19. The highest BCUT2D eigenvalue weighted by molar-refractivity contribution is 7.89. The van der Waals surface area contributed by atoms with E-state index in [4.69, 9.17) is 5.14 Å².